The van der Waals surface area contributed by atoms with E-state index in [9.17, 15) is 13.2 Å². The van der Waals surface area contributed by atoms with Crippen molar-refractivity contribution >= 4 is 11.6 Å². The van der Waals surface area contributed by atoms with Gasteiger partial charge in [0.25, 0.3) is 0 Å². The quantitative estimate of drug-likeness (QED) is 0.769. The van der Waals surface area contributed by atoms with Gasteiger partial charge in [-0.1, -0.05) is 11.6 Å². The third kappa shape index (κ3) is 2.53. The maximum atomic E-state index is 12.0. The second kappa shape index (κ2) is 3.47. The molecule has 1 unspecified atom stereocenters. The standard InChI is InChI=1S/C6H5ClF3N3/c7-4-2-12-3(1-13-4)5(11)6(8,9)10/h1-2,5H,11H2. The van der Waals surface area contributed by atoms with Crippen molar-refractivity contribution in [3.63, 3.8) is 0 Å². The van der Waals surface area contributed by atoms with Crippen molar-refractivity contribution in [2.75, 3.05) is 0 Å². The molecule has 0 saturated carbocycles. The van der Waals surface area contributed by atoms with E-state index in [1.807, 2.05) is 0 Å². The van der Waals surface area contributed by atoms with Crippen molar-refractivity contribution in [3.05, 3.63) is 23.2 Å². The van der Waals surface area contributed by atoms with Gasteiger partial charge in [-0.25, -0.2) is 4.98 Å². The molecule has 3 nitrogen and oxygen atoms in total. The van der Waals surface area contributed by atoms with Gasteiger partial charge >= 0.3 is 6.18 Å². The highest BCUT2D eigenvalue weighted by Crippen LogP contribution is 2.28. The van der Waals surface area contributed by atoms with Crippen LogP contribution >= 0.6 is 11.6 Å². The summed E-state index contributed by atoms with van der Waals surface area (Å²) in [6, 6.07) is -2.11. The molecule has 7 heteroatoms. The summed E-state index contributed by atoms with van der Waals surface area (Å²) < 4.78 is 36.0. The molecular weight excluding hydrogens is 207 g/mol. The molecule has 13 heavy (non-hydrogen) atoms. The summed E-state index contributed by atoms with van der Waals surface area (Å²) in [4.78, 5) is 6.84. The van der Waals surface area contributed by atoms with E-state index >= 15 is 0 Å². The zero-order valence-corrected chi connectivity index (χ0v) is 6.97. The minimum Gasteiger partial charge on any atom is -0.315 e. The van der Waals surface area contributed by atoms with Crippen LogP contribution in [0.4, 0.5) is 13.2 Å². The Morgan fingerprint density at radius 1 is 1.31 bits per heavy atom. The average Bonchev–Trinajstić information content (AvgIpc) is 2.03. The number of alkyl halides is 3. The maximum absolute atomic E-state index is 12.0. The molecule has 0 fully saturated rings. The lowest BCUT2D eigenvalue weighted by Gasteiger charge is -2.13. The molecule has 0 aliphatic heterocycles. The predicted octanol–water partition coefficient (Wildman–Crippen LogP) is 1.69. The Morgan fingerprint density at radius 2 is 1.92 bits per heavy atom. The Morgan fingerprint density at radius 3 is 2.31 bits per heavy atom. The summed E-state index contributed by atoms with van der Waals surface area (Å²) in [5.41, 5.74) is 4.50. The van der Waals surface area contributed by atoms with Gasteiger partial charge in [0.1, 0.15) is 11.2 Å². The summed E-state index contributed by atoms with van der Waals surface area (Å²) in [5.74, 6) is 0. The van der Waals surface area contributed by atoms with Gasteiger partial charge in [0.2, 0.25) is 0 Å². The van der Waals surface area contributed by atoms with Crippen LogP contribution in [0.1, 0.15) is 11.7 Å². The smallest absolute Gasteiger partial charge is 0.315 e. The van der Waals surface area contributed by atoms with E-state index < -0.39 is 12.2 Å². The molecule has 1 rings (SSSR count). The Hall–Kier alpha value is -0.880. The van der Waals surface area contributed by atoms with E-state index in [2.05, 4.69) is 9.97 Å². The molecule has 1 aromatic heterocycles. The molecule has 0 spiro atoms. The first-order chi connectivity index (χ1) is 5.91. The average molecular weight is 212 g/mol. The van der Waals surface area contributed by atoms with Crippen molar-refractivity contribution in [2.24, 2.45) is 5.73 Å². The summed E-state index contributed by atoms with van der Waals surface area (Å²) in [5, 5.41) is 0.0260. The van der Waals surface area contributed by atoms with Gasteiger partial charge in [0.05, 0.1) is 18.1 Å². The van der Waals surface area contributed by atoms with Crippen LogP contribution in [-0.2, 0) is 0 Å². The molecule has 0 bridgehead atoms. The van der Waals surface area contributed by atoms with Gasteiger partial charge in [-0.05, 0) is 0 Å². The lowest BCUT2D eigenvalue weighted by molar-refractivity contribution is -0.150. The van der Waals surface area contributed by atoms with E-state index in [0.717, 1.165) is 12.4 Å². The number of hydrogen-bond donors (Lipinski definition) is 1. The Labute approximate surface area is 76.7 Å². The zero-order valence-electron chi connectivity index (χ0n) is 6.22. The predicted molar refractivity (Wildman–Crippen MR) is 40.0 cm³/mol. The molecule has 0 amide bonds. The van der Waals surface area contributed by atoms with Crippen LogP contribution in [0.2, 0.25) is 5.15 Å². The van der Waals surface area contributed by atoms with Crippen LogP contribution in [-0.4, -0.2) is 16.1 Å². The summed E-state index contributed by atoms with van der Waals surface area (Å²) >= 11 is 5.33. The van der Waals surface area contributed by atoms with Crippen molar-refractivity contribution in [3.8, 4) is 0 Å². The molecule has 0 aliphatic rings. The van der Waals surface area contributed by atoms with Crippen LogP contribution in [0.25, 0.3) is 0 Å². The molecular formula is C6H5ClF3N3. The Kier molecular flexibility index (Phi) is 2.72. The topological polar surface area (TPSA) is 51.8 Å². The number of nitrogens with zero attached hydrogens (tertiary/aromatic N) is 2. The minimum atomic E-state index is -4.51. The fourth-order valence-corrected chi connectivity index (χ4v) is 0.748. The van der Waals surface area contributed by atoms with Gasteiger partial charge in [-0.15, -0.1) is 0 Å². The van der Waals surface area contributed by atoms with Gasteiger partial charge in [-0.3, -0.25) is 4.98 Å². The van der Waals surface area contributed by atoms with Crippen LogP contribution in [0.15, 0.2) is 12.4 Å². The van der Waals surface area contributed by atoms with E-state index in [1.165, 1.54) is 0 Å². The van der Waals surface area contributed by atoms with Crippen LogP contribution in [0, 0.1) is 0 Å². The van der Waals surface area contributed by atoms with E-state index in [0.29, 0.717) is 0 Å². The number of hydrogen-bond acceptors (Lipinski definition) is 3. The SMILES string of the molecule is NC(c1cnc(Cl)cn1)C(F)(F)F. The first-order valence-corrected chi connectivity index (χ1v) is 3.59. The lowest BCUT2D eigenvalue weighted by Crippen LogP contribution is -2.29. The highest BCUT2D eigenvalue weighted by molar-refractivity contribution is 6.29. The highest BCUT2D eigenvalue weighted by Gasteiger charge is 2.38. The number of nitrogens with two attached hydrogens (primary N) is 1. The Bertz CT molecular complexity index is 284. The van der Waals surface area contributed by atoms with Crippen molar-refractivity contribution in [2.45, 2.75) is 12.2 Å². The number of halogens is 4. The van der Waals surface area contributed by atoms with Crippen molar-refractivity contribution in [1.29, 1.82) is 0 Å². The lowest BCUT2D eigenvalue weighted by atomic mass is 10.2. The molecule has 0 aromatic carbocycles. The highest BCUT2D eigenvalue weighted by atomic mass is 35.5. The minimum absolute atomic E-state index is 0.0260. The fourth-order valence-electron chi connectivity index (χ4n) is 0.651. The molecule has 1 heterocycles. The van der Waals surface area contributed by atoms with Gasteiger partial charge in [-0.2, -0.15) is 13.2 Å². The first-order valence-electron chi connectivity index (χ1n) is 3.21. The molecule has 0 aliphatic carbocycles. The normalized spacial score (nSPS) is 14.2. The van der Waals surface area contributed by atoms with Crippen LogP contribution in [0.3, 0.4) is 0 Å². The van der Waals surface area contributed by atoms with E-state index in [1.54, 1.807) is 0 Å². The summed E-state index contributed by atoms with van der Waals surface area (Å²) in [6.07, 6.45) is -2.59. The number of aromatic nitrogens is 2. The zero-order chi connectivity index (χ0) is 10.1. The fraction of sp³-hybridized carbons (Fsp3) is 0.333. The van der Waals surface area contributed by atoms with Crippen LogP contribution < -0.4 is 5.73 Å². The third-order valence-corrected chi connectivity index (χ3v) is 1.51. The van der Waals surface area contributed by atoms with Crippen molar-refractivity contribution in [1.82, 2.24) is 9.97 Å². The second-order valence-electron chi connectivity index (χ2n) is 2.28. The van der Waals surface area contributed by atoms with Gasteiger partial charge in [0.15, 0.2) is 0 Å². The molecule has 0 saturated heterocycles. The monoisotopic (exact) mass is 211 g/mol. The summed E-state index contributed by atoms with van der Waals surface area (Å²) in [7, 11) is 0. The first kappa shape index (κ1) is 10.2. The number of rotatable bonds is 1. The molecule has 1 atom stereocenters. The largest absolute Gasteiger partial charge is 0.409 e. The Balaban J connectivity index is 2.90. The second-order valence-corrected chi connectivity index (χ2v) is 2.67. The molecule has 72 valence electrons. The molecule has 1 aromatic rings. The van der Waals surface area contributed by atoms with Gasteiger partial charge < -0.3 is 5.73 Å². The van der Waals surface area contributed by atoms with Crippen LogP contribution in [0.5, 0.6) is 0 Å². The summed E-state index contributed by atoms with van der Waals surface area (Å²) in [6.45, 7) is 0. The molecule has 2 N–H and O–H groups in total. The van der Waals surface area contributed by atoms with E-state index in [4.69, 9.17) is 17.3 Å². The van der Waals surface area contributed by atoms with Crippen molar-refractivity contribution < 1.29 is 13.2 Å². The van der Waals surface area contributed by atoms with E-state index in [-0.39, 0.29) is 10.8 Å². The third-order valence-electron chi connectivity index (χ3n) is 1.31. The van der Waals surface area contributed by atoms with Gasteiger partial charge in [0, 0.05) is 0 Å². The maximum Gasteiger partial charge on any atom is 0.409 e. The molecule has 0 radical (unpaired) electrons.